The summed E-state index contributed by atoms with van der Waals surface area (Å²) >= 11 is 0. The molecule has 0 spiro atoms. The van der Waals surface area contributed by atoms with Crippen molar-refractivity contribution in [2.45, 2.75) is 18.1 Å². The van der Waals surface area contributed by atoms with Crippen LogP contribution in [0.3, 0.4) is 0 Å². The molecule has 1 rings (SSSR count). The van der Waals surface area contributed by atoms with Crippen molar-refractivity contribution in [2.24, 2.45) is 5.92 Å². The van der Waals surface area contributed by atoms with Crippen LogP contribution >= 0.6 is 0 Å². The van der Waals surface area contributed by atoms with Gasteiger partial charge >= 0.3 is 0 Å². The lowest BCUT2D eigenvalue weighted by Crippen LogP contribution is -2.16. The molecule has 1 aliphatic carbocycles. The second kappa shape index (κ2) is 3.18. The van der Waals surface area contributed by atoms with Crippen LogP contribution in [0.4, 0.5) is 0 Å². The molecule has 4 heteroatoms. The van der Waals surface area contributed by atoms with Crippen molar-refractivity contribution in [3.8, 4) is 0 Å². The molecule has 0 radical (unpaired) electrons. The highest BCUT2D eigenvalue weighted by molar-refractivity contribution is 7.91. The van der Waals surface area contributed by atoms with Crippen LogP contribution in [0.15, 0.2) is 12.2 Å². The van der Waals surface area contributed by atoms with Crippen molar-refractivity contribution in [1.82, 2.24) is 0 Å². The number of hydrogen-bond donors (Lipinski definition) is 1. The molecule has 0 aliphatic heterocycles. The lowest BCUT2D eigenvalue weighted by Gasteiger charge is -2.06. The third kappa shape index (κ3) is 1.87. The summed E-state index contributed by atoms with van der Waals surface area (Å²) in [6.45, 7) is 3.76. The molecule has 12 heavy (non-hydrogen) atoms. The van der Waals surface area contributed by atoms with E-state index in [1.165, 1.54) is 6.26 Å². The number of hydrogen-bond acceptors (Lipinski definition) is 3. The van der Waals surface area contributed by atoms with E-state index >= 15 is 0 Å². The third-order valence-corrected chi connectivity index (χ3v) is 4.01. The van der Waals surface area contributed by atoms with Crippen LogP contribution in [0.1, 0.15) is 12.8 Å². The highest BCUT2D eigenvalue weighted by atomic mass is 32.2. The van der Waals surface area contributed by atoms with E-state index in [2.05, 4.69) is 6.58 Å². The summed E-state index contributed by atoms with van der Waals surface area (Å²) in [7, 11) is -2.95. The summed E-state index contributed by atoms with van der Waals surface area (Å²) in [6.07, 6.45) is 2.29. The Morgan fingerprint density at radius 2 is 2.25 bits per heavy atom. The Labute approximate surface area is 73.0 Å². The zero-order valence-electron chi connectivity index (χ0n) is 7.16. The Hall–Kier alpha value is -0.350. The molecule has 0 amide bonds. The smallest absolute Gasteiger partial charge is 0.150 e. The second-order valence-electron chi connectivity index (χ2n) is 3.43. The Kier molecular flexibility index (Phi) is 2.58. The molecule has 70 valence electrons. The van der Waals surface area contributed by atoms with Gasteiger partial charge in [0.05, 0.1) is 5.25 Å². The first-order chi connectivity index (χ1) is 5.45. The van der Waals surface area contributed by atoms with Gasteiger partial charge in [0.1, 0.15) is 0 Å². The van der Waals surface area contributed by atoms with Gasteiger partial charge in [-0.2, -0.15) is 0 Å². The summed E-state index contributed by atoms with van der Waals surface area (Å²) in [6, 6.07) is 0. The fourth-order valence-corrected chi connectivity index (χ4v) is 2.65. The van der Waals surface area contributed by atoms with Crippen LogP contribution in [-0.4, -0.2) is 31.6 Å². The van der Waals surface area contributed by atoms with Gasteiger partial charge in [-0.25, -0.2) is 8.42 Å². The molecule has 1 aliphatic rings. The normalized spacial score (nSPS) is 31.0. The monoisotopic (exact) mass is 190 g/mol. The predicted molar refractivity (Wildman–Crippen MR) is 47.6 cm³/mol. The standard InChI is InChI=1S/C8H14O3S/c1-6-3-8(12(2,10)11)4-7(6)5-9/h7-9H,1,3-5H2,2H3/t7-,8+/m0/s1. The first kappa shape index (κ1) is 9.74. The average Bonchev–Trinajstić information content (AvgIpc) is 2.29. The zero-order chi connectivity index (χ0) is 9.35. The minimum atomic E-state index is -2.95. The summed E-state index contributed by atoms with van der Waals surface area (Å²) in [5, 5.41) is 8.55. The molecule has 0 aromatic rings. The molecular formula is C8H14O3S. The van der Waals surface area contributed by atoms with Gasteiger partial charge in [-0.3, -0.25) is 0 Å². The van der Waals surface area contributed by atoms with E-state index in [1.54, 1.807) is 0 Å². The molecule has 0 saturated heterocycles. The van der Waals surface area contributed by atoms with E-state index in [1.807, 2.05) is 0 Å². The highest BCUT2D eigenvalue weighted by Crippen LogP contribution is 2.33. The molecule has 0 bridgehead atoms. The SMILES string of the molecule is C=C1C[C@@H](S(C)(=O)=O)C[C@H]1CO. The maximum Gasteiger partial charge on any atom is 0.150 e. The largest absolute Gasteiger partial charge is 0.396 e. The van der Waals surface area contributed by atoms with E-state index in [0.717, 1.165) is 5.57 Å². The van der Waals surface area contributed by atoms with Crippen molar-refractivity contribution in [1.29, 1.82) is 0 Å². The molecule has 0 heterocycles. The molecular weight excluding hydrogens is 176 g/mol. The molecule has 2 atom stereocenters. The van der Waals surface area contributed by atoms with Crippen molar-refractivity contribution in [2.75, 3.05) is 12.9 Å². The molecule has 0 unspecified atom stereocenters. The summed E-state index contributed by atoms with van der Waals surface area (Å²) in [4.78, 5) is 0. The molecule has 1 fully saturated rings. The summed E-state index contributed by atoms with van der Waals surface area (Å²) in [5.74, 6) is -0.00951. The van der Waals surface area contributed by atoms with Crippen LogP contribution in [0.5, 0.6) is 0 Å². The van der Waals surface area contributed by atoms with E-state index in [4.69, 9.17) is 5.11 Å². The number of sulfone groups is 1. The van der Waals surface area contributed by atoms with Gasteiger partial charge in [-0.05, 0) is 12.8 Å². The van der Waals surface area contributed by atoms with Crippen molar-refractivity contribution in [3.63, 3.8) is 0 Å². The van der Waals surface area contributed by atoms with Crippen molar-refractivity contribution >= 4 is 9.84 Å². The van der Waals surface area contributed by atoms with Gasteiger partial charge in [0.15, 0.2) is 9.84 Å². The van der Waals surface area contributed by atoms with Gasteiger partial charge in [-0.15, -0.1) is 0 Å². The number of rotatable bonds is 2. The first-order valence-corrected chi connectivity index (χ1v) is 5.88. The molecule has 0 aromatic heterocycles. The fourth-order valence-electron chi connectivity index (χ4n) is 1.56. The second-order valence-corrected chi connectivity index (χ2v) is 5.75. The van der Waals surface area contributed by atoms with Crippen molar-refractivity contribution in [3.05, 3.63) is 12.2 Å². The maximum absolute atomic E-state index is 11.1. The van der Waals surface area contributed by atoms with Crippen molar-refractivity contribution < 1.29 is 13.5 Å². The van der Waals surface area contributed by atoms with Gasteiger partial charge in [0, 0.05) is 18.8 Å². The quantitative estimate of drug-likeness (QED) is 0.640. The van der Waals surface area contributed by atoms with E-state index in [-0.39, 0.29) is 17.8 Å². The molecule has 0 aromatic carbocycles. The van der Waals surface area contributed by atoms with E-state index < -0.39 is 9.84 Å². The minimum Gasteiger partial charge on any atom is -0.396 e. The van der Waals surface area contributed by atoms with Crippen LogP contribution in [-0.2, 0) is 9.84 Å². The fraction of sp³-hybridized carbons (Fsp3) is 0.750. The topological polar surface area (TPSA) is 54.4 Å². The Balaban J connectivity index is 2.73. The van der Waals surface area contributed by atoms with Gasteiger partial charge in [-0.1, -0.05) is 12.2 Å². The van der Waals surface area contributed by atoms with Gasteiger partial charge < -0.3 is 5.11 Å². The highest BCUT2D eigenvalue weighted by Gasteiger charge is 2.33. The van der Waals surface area contributed by atoms with Gasteiger partial charge in [0.2, 0.25) is 0 Å². The van der Waals surface area contributed by atoms with Crippen LogP contribution in [0.2, 0.25) is 0 Å². The maximum atomic E-state index is 11.1. The average molecular weight is 190 g/mol. The lowest BCUT2D eigenvalue weighted by atomic mass is 10.1. The third-order valence-electron chi connectivity index (χ3n) is 2.44. The molecule has 3 nitrogen and oxygen atoms in total. The molecule has 1 saturated carbocycles. The molecule has 1 N–H and O–H groups in total. The van der Waals surface area contributed by atoms with Crippen LogP contribution in [0, 0.1) is 5.92 Å². The van der Waals surface area contributed by atoms with E-state index in [0.29, 0.717) is 12.8 Å². The van der Waals surface area contributed by atoms with Gasteiger partial charge in [0.25, 0.3) is 0 Å². The lowest BCUT2D eigenvalue weighted by molar-refractivity contribution is 0.249. The Morgan fingerprint density at radius 3 is 2.50 bits per heavy atom. The summed E-state index contributed by atoms with van der Waals surface area (Å²) in [5.41, 5.74) is 0.868. The number of aliphatic hydroxyl groups is 1. The summed E-state index contributed by atoms with van der Waals surface area (Å²) < 4.78 is 22.2. The van der Waals surface area contributed by atoms with Crippen LogP contribution in [0.25, 0.3) is 0 Å². The zero-order valence-corrected chi connectivity index (χ0v) is 7.97. The minimum absolute atomic E-state index is 0.00951. The first-order valence-electron chi connectivity index (χ1n) is 3.92. The Bertz CT molecular complexity index is 279. The predicted octanol–water partition coefficient (Wildman–Crippen LogP) is 0.358. The number of aliphatic hydroxyl groups excluding tert-OH is 1. The van der Waals surface area contributed by atoms with Crippen LogP contribution < -0.4 is 0 Å². The Morgan fingerprint density at radius 1 is 1.67 bits per heavy atom. The van der Waals surface area contributed by atoms with E-state index in [9.17, 15) is 8.42 Å².